The molecule has 1 fully saturated rings. The minimum absolute atomic E-state index is 0.00640. The number of hydrogen-bond acceptors (Lipinski definition) is 3. The number of carbonyl (C=O) groups is 1. The molecular formula is C17H26N2O2. The maximum atomic E-state index is 12.1. The molecule has 1 saturated heterocycles. The second-order valence-electron chi connectivity index (χ2n) is 5.75. The van der Waals surface area contributed by atoms with E-state index < -0.39 is 0 Å². The number of benzene rings is 1. The van der Waals surface area contributed by atoms with Crippen LogP contribution in [0.5, 0.6) is 5.75 Å². The van der Waals surface area contributed by atoms with E-state index in [0.29, 0.717) is 12.5 Å². The fourth-order valence-electron chi connectivity index (χ4n) is 2.78. The summed E-state index contributed by atoms with van der Waals surface area (Å²) >= 11 is 0. The van der Waals surface area contributed by atoms with Crippen molar-refractivity contribution in [3.05, 3.63) is 29.8 Å². The van der Waals surface area contributed by atoms with Crippen LogP contribution in [-0.4, -0.2) is 25.6 Å². The Balaban J connectivity index is 1.78. The summed E-state index contributed by atoms with van der Waals surface area (Å²) in [5.74, 6) is 0.942. The normalized spacial score (nSPS) is 19.8. The summed E-state index contributed by atoms with van der Waals surface area (Å²) in [6.45, 7) is 3.10. The van der Waals surface area contributed by atoms with Crippen LogP contribution in [0.4, 0.5) is 0 Å². The maximum Gasteiger partial charge on any atom is 0.220 e. The molecule has 2 N–H and O–H groups in total. The lowest BCUT2D eigenvalue weighted by atomic mass is 10.00. The third kappa shape index (κ3) is 5.05. The highest BCUT2D eigenvalue weighted by atomic mass is 16.5. The number of ether oxygens (including phenoxy) is 1. The van der Waals surface area contributed by atoms with Gasteiger partial charge in [-0.1, -0.05) is 18.6 Å². The summed E-state index contributed by atoms with van der Waals surface area (Å²) in [6, 6.07) is 8.35. The number of carbonyl (C=O) groups excluding carboxylic acids is 1. The van der Waals surface area contributed by atoms with Crippen molar-refractivity contribution in [1.29, 1.82) is 0 Å². The summed E-state index contributed by atoms with van der Waals surface area (Å²) in [7, 11) is 1.65. The molecule has 21 heavy (non-hydrogen) atoms. The van der Waals surface area contributed by atoms with Gasteiger partial charge in [-0.05, 0) is 50.4 Å². The third-order valence-corrected chi connectivity index (χ3v) is 4.10. The van der Waals surface area contributed by atoms with Gasteiger partial charge in [0.2, 0.25) is 5.91 Å². The SMILES string of the molecule is COc1cccc([C@H](C)NC(=O)CCC2CCCCN2)c1. The zero-order valence-electron chi connectivity index (χ0n) is 13.0. The summed E-state index contributed by atoms with van der Waals surface area (Å²) in [5, 5.41) is 6.54. The fourth-order valence-corrected chi connectivity index (χ4v) is 2.78. The number of amides is 1. The zero-order valence-corrected chi connectivity index (χ0v) is 13.0. The first kappa shape index (κ1) is 15.8. The van der Waals surface area contributed by atoms with Crippen molar-refractivity contribution in [3.8, 4) is 5.75 Å². The van der Waals surface area contributed by atoms with E-state index in [1.54, 1.807) is 7.11 Å². The van der Waals surface area contributed by atoms with E-state index in [9.17, 15) is 4.79 Å². The van der Waals surface area contributed by atoms with Gasteiger partial charge >= 0.3 is 0 Å². The second-order valence-corrected chi connectivity index (χ2v) is 5.75. The van der Waals surface area contributed by atoms with Crippen molar-refractivity contribution in [1.82, 2.24) is 10.6 Å². The number of piperidine rings is 1. The number of rotatable bonds is 6. The molecule has 4 heteroatoms. The van der Waals surface area contributed by atoms with Crippen molar-refractivity contribution in [2.24, 2.45) is 0 Å². The van der Waals surface area contributed by atoms with Crippen LogP contribution in [0.25, 0.3) is 0 Å². The van der Waals surface area contributed by atoms with Crippen molar-refractivity contribution in [3.63, 3.8) is 0 Å². The van der Waals surface area contributed by atoms with Gasteiger partial charge in [0.05, 0.1) is 13.2 Å². The molecule has 1 amide bonds. The van der Waals surface area contributed by atoms with Crippen molar-refractivity contribution in [2.45, 2.75) is 51.1 Å². The molecule has 0 bridgehead atoms. The zero-order chi connectivity index (χ0) is 15.1. The van der Waals surface area contributed by atoms with Crippen LogP contribution in [0.1, 0.15) is 50.6 Å². The highest BCUT2D eigenvalue weighted by Crippen LogP contribution is 2.19. The molecule has 4 nitrogen and oxygen atoms in total. The fraction of sp³-hybridized carbons (Fsp3) is 0.588. The number of hydrogen-bond donors (Lipinski definition) is 2. The Labute approximate surface area is 127 Å². The third-order valence-electron chi connectivity index (χ3n) is 4.10. The van der Waals surface area contributed by atoms with E-state index in [0.717, 1.165) is 24.3 Å². The van der Waals surface area contributed by atoms with Crippen LogP contribution < -0.4 is 15.4 Å². The van der Waals surface area contributed by atoms with Crippen LogP contribution in [0.3, 0.4) is 0 Å². The van der Waals surface area contributed by atoms with E-state index in [-0.39, 0.29) is 11.9 Å². The average molecular weight is 290 g/mol. The van der Waals surface area contributed by atoms with Crippen molar-refractivity contribution in [2.75, 3.05) is 13.7 Å². The summed E-state index contributed by atoms with van der Waals surface area (Å²) in [6.07, 6.45) is 5.25. The summed E-state index contributed by atoms with van der Waals surface area (Å²) < 4.78 is 5.22. The molecule has 1 aliphatic heterocycles. The standard InChI is InChI=1S/C17H26N2O2/c1-13(14-6-5-8-16(12-14)21-2)19-17(20)10-9-15-7-3-4-11-18-15/h5-6,8,12-13,15,18H,3-4,7,9-11H2,1-2H3,(H,19,20)/t13-,15?/m0/s1. The molecule has 0 radical (unpaired) electrons. The van der Waals surface area contributed by atoms with Gasteiger partial charge in [-0.25, -0.2) is 0 Å². The van der Waals surface area contributed by atoms with Crippen LogP contribution in [0.15, 0.2) is 24.3 Å². The highest BCUT2D eigenvalue weighted by Gasteiger charge is 2.15. The lowest BCUT2D eigenvalue weighted by Gasteiger charge is -2.23. The Hall–Kier alpha value is -1.55. The molecule has 2 atom stereocenters. The van der Waals surface area contributed by atoms with E-state index in [1.807, 2.05) is 31.2 Å². The van der Waals surface area contributed by atoms with E-state index in [2.05, 4.69) is 10.6 Å². The molecule has 2 rings (SSSR count). The molecule has 0 saturated carbocycles. The molecule has 1 aromatic rings. The lowest BCUT2D eigenvalue weighted by molar-refractivity contribution is -0.122. The predicted octanol–water partition coefficient (Wildman–Crippen LogP) is 2.79. The van der Waals surface area contributed by atoms with Crippen molar-refractivity contribution < 1.29 is 9.53 Å². The van der Waals surface area contributed by atoms with Crippen LogP contribution >= 0.6 is 0 Å². The lowest BCUT2D eigenvalue weighted by Crippen LogP contribution is -2.35. The van der Waals surface area contributed by atoms with Crippen LogP contribution in [-0.2, 0) is 4.79 Å². The Kier molecular flexibility index (Phi) is 6.05. The van der Waals surface area contributed by atoms with Gasteiger partial charge in [0, 0.05) is 12.5 Å². The van der Waals surface area contributed by atoms with Gasteiger partial charge in [0.15, 0.2) is 0 Å². The Bertz CT molecular complexity index is 456. The first-order chi connectivity index (χ1) is 10.2. The summed E-state index contributed by atoms with van der Waals surface area (Å²) in [5.41, 5.74) is 1.07. The van der Waals surface area contributed by atoms with E-state index in [1.165, 1.54) is 19.3 Å². The second kappa shape index (κ2) is 8.03. The molecule has 0 aliphatic carbocycles. The minimum atomic E-state index is 0.00640. The molecule has 116 valence electrons. The number of methoxy groups -OCH3 is 1. The van der Waals surface area contributed by atoms with Gasteiger partial charge in [-0.2, -0.15) is 0 Å². The molecule has 0 spiro atoms. The summed E-state index contributed by atoms with van der Waals surface area (Å²) in [4.78, 5) is 12.1. The van der Waals surface area contributed by atoms with Crippen LogP contribution in [0, 0.1) is 0 Å². The van der Waals surface area contributed by atoms with Crippen LogP contribution in [0.2, 0.25) is 0 Å². The quantitative estimate of drug-likeness (QED) is 0.847. The average Bonchev–Trinajstić information content (AvgIpc) is 2.54. The Morgan fingerprint density at radius 1 is 1.48 bits per heavy atom. The molecule has 1 heterocycles. The largest absolute Gasteiger partial charge is 0.497 e. The van der Waals surface area contributed by atoms with Gasteiger partial charge < -0.3 is 15.4 Å². The molecule has 0 aromatic heterocycles. The Morgan fingerprint density at radius 2 is 2.33 bits per heavy atom. The van der Waals surface area contributed by atoms with Gasteiger partial charge in [-0.3, -0.25) is 4.79 Å². The topological polar surface area (TPSA) is 50.4 Å². The van der Waals surface area contributed by atoms with E-state index in [4.69, 9.17) is 4.74 Å². The monoisotopic (exact) mass is 290 g/mol. The first-order valence-corrected chi connectivity index (χ1v) is 7.85. The number of nitrogens with one attached hydrogen (secondary N) is 2. The smallest absolute Gasteiger partial charge is 0.220 e. The van der Waals surface area contributed by atoms with Gasteiger partial charge in [0.25, 0.3) is 0 Å². The highest BCUT2D eigenvalue weighted by molar-refractivity contribution is 5.76. The Morgan fingerprint density at radius 3 is 3.05 bits per heavy atom. The molecular weight excluding hydrogens is 264 g/mol. The molecule has 1 aliphatic rings. The van der Waals surface area contributed by atoms with Crippen molar-refractivity contribution >= 4 is 5.91 Å². The predicted molar refractivity (Wildman–Crippen MR) is 84.4 cm³/mol. The molecule has 1 unspecified atom stereocenters. The molecule has 1 aromatic carbocycles. The minimum Gasteiger partial charge on any atom is -0.497 e. The van der Waals surface area contributed by atoms with Gasteiger partial charge in [0.1, 0.15) is 5.75 Å². The van der Waals surface area contributed by atoms with E-state index >= 15 is 0 Å². The van der Waals surface area contributed by atoms with Gasteiger partial charge in [-0.15, -0.1) is 0 Å². The maximum absolute atomic E-state index is 12.1. The first-order valence-electron chi connectivity index (χ1n) is 7.85.